The molecule has 8 nitrogen and oxygen atoms in total. The van der Waals surface area contributed by atoms with Crippen LogP contribution in [0.4, 0.5) is 5.69 Å². The second-order valence-corrected chi connectivity index (χ2v) is 9.57. The highest BCUT2D eigenvalue weighted by atomic mass is 35.5. The van der Waals surface area contributed by atoms with Crippen molar-refractivity contribution in [3.8, 4) is 17.2 Å². The van der Waals surface area contributed by atoms with Crippen molar-refractivity contribution >= 4 is 33.2 Å². The number of benzene rings is 3. The van der Waals surface area contributed by atoms with Crippen molar-refractivity contribution in [2.24, 2.45) is 0 Å². The van der Waals surface area contributed by atoms with E-state index < -0.39 is 22.0 Å². The molecule has 3 rings (SSSR count). The van der Waals surface area contributed by atoms with Crippen LogP contribution >= 0.6 is 11.6 Å². The molecule has 0 aliphatic carbocycles. The maximum atomic E-state index is 13.3. The highest BCUT2D eigenvalue weighted by molar-refractivity contribution is 7.89. The molecule has 35 heavy (non-hydrogen) atoms. The monoisotopic (exact) mass is 518 g/mol. The average molecular weight is 519 g/mol. The number of hydrogen-bond acceptors (Lipinski definition) is 6. The molecule has 186 valence electrons. The van der Waals surface area contributed by atoms with E-state index in [4.69, 9.17) is 25.8 Å². The molecule has 10 heteroatoms. The summed E-state index contributed by atoms with van der Waals surface area (Å²) in [7, 11) is -1.14. The van der Waals surface area contributed by atoms with Crippen LogP contribution < -0.4 is 24.2 Å². The number of halogens is 1. The second-order valence-electron chi connectivity index (χ2n) is 7.44. The van der Waals surface area contributed by atoms with Gasteiger partial charge in [-0.1, -0.05) is 41.9 Å². The first-order chi connectivity index (χ1) is 16.8. The van der Waals surface area contributed by atoms with E-state index in [1.165, 1.54) is 32.4 Å². The van der Waals surface area contributed by atoms with Crippen molar-refractivity contribution in [1.29, 1.82) is 0 Å². The summed E-state index contributed by atoms with van der Waals surface area (Å²) in [5, 5.41) is 2.90. The largest absolute Gasteiger partial charge is 0.497 e. The lowest BCUT2D eigenvalue weighted by molar-refractivity contribution is -0.117. The van der Waals surface area contributed by atoms with E-state index in [-0.39, 0.29) is 16.3 Å². The highest BCUT2D eigenvalue weighted by Crippen LogP contribution is 2.30. The Morgan fingerprint density at radius 1 is 0.971 bits per heavy atom. The summed E-state index contributed by atoms with van der Waals surface area (Å²) < 4.78 is 44.8. The number of carbonyl (C=O) groups excluding carboxylic acids is 1. The number of amides is 1. The summed E-state index contributed by atoms with van der Waals surface area (Å²) in [5.41, 5.74) is 1.12. The fourth-order valence-corrected chi connectivity index (χ4v) is 4.87. The molecule has 0 fully saturated rings. The van der Waals surface area contributed by atoms with Crippen LogP contribution in [-0.2, 0) is 21.2 Å². The summed E-state index contributed by atoms with van der Waals surface area (Å²) in [4.78, 5) is 13.2. The van der Waals surface area contributed by atoms with Crippen LogP contribution in [0, 0.1) is 0 Å². The molecule has 0 saturated heterocycles. The van der Waals surface area contributed by atoms with Crippen molar-refractivity contribution < 1.29 is 27.4 Å². The smallest absolute Gasteiger partial charge is 0.243 e. The van der Waals surface area contributed by atoms with Gasteiger partial charge in [-0.2, -0.15) is 4.72 Å². The van der Waals surface area contributed by atoms with E-state index in [2.05, 4.69) is 10.0 Å². The molecule has 0 heterocycles. The minimum absolute atomic E-state index is 0.0872. The molecule has 3 aromatic rings. The quantitative estimate of drug-likeness (QED) is 0.392. The molecule has 3 aromatic carbocycles. The maximum Gasteiger partial charge on any atom is 0.243 e. The van der Waals surface area contributed by atoms with Gasteiger partial charge >= 0.3 is 0 Å². The van der Waals surface area contributed by atoms with E-state index in [1.54, 1.807) is 25.1 Å². The summed E-state index contributed by atoms with van der Waals surface area (Å²) in [6.45, 7) is 2.18. The molecule has 0 aliphatic heterocycles. The number of ether oxygens (including phenoxy) is 3. The molecule has 0 aliphatic rings. The Labute approximate surface area is 210 Å². The van der Waals surface area contributed by atoms with Gasteiger partial charge in [0, 0.05) is 6.07 Å². The normalized spacial score (nSPS) is 12.0. The molecular weight excluding hydrogens is 492 g/mol. The van der Waals surface area contributed by atoms with Crippen LogP contribution in [0.5, 0.6) is 17.2 Å². The van der Waals surface area contributed by atoms with Gasteiger partial charge in [-0.25, -0.2) is 8.42 Å². The van der Waals surface area contributed by atoms with E-state index in [0.717, 1.165) is 5.56 Å². The van der Waals surface area contributed by atoms with Crippen LogP contribution in [0.15, 0.2) is 71.6 Å². The number of hydrogen-bond donors (Lipinski definition) is 2. The lowest BCUT2D eigenvalue weighted by Crippen LogP contribution is -2.45. The third kappa shape index (κ3) is 6.88. The third-order valence-corrected chi connectivity index (χ3v) is 6.84. The number of anilines is 1. The lowest BCUT2D eigenvalue weighted by Gasteiger charge is -2.20. The van der Waals surface area contributed by atoms with Gasteiger partial charge in [-0.05, 0) is 49.2 Å². The summed E-state index contributed by atoms with van der Waals surface area (Å²) in [6.07, 6.45) is 0.114. The Kier molecular flexibility index (Phi) is 8.97. The predicted molar refractivity (Wildman–Crippen MR) is 135 cm³/mol. The minimum Gasteiger partial charge on any atom is -0.497 e. The highest BCUT2D eigenvalue weighted by Gasteiger charge is 2.27. The third-order valence-electron chi connectivity index (χ3n) is 5.07. The Balaban J connectivity index is 1.91. The first-order valence-electron chi connectivity index (χ1n) is 10.8. The van der Waals surface area contributed by atoms with E-state index >= 15 is 0 Å². The van der Waals surface area contributed by atoms with Gasteiger partial charge in [-0.3, -0.25) is 4.79 Å². The zero-order valence-electron chi connectivity index (χ0n) is 19.6. The van der Waals surface area contributed by atoms with Crippen molar-refractivity contribution in [2.45, 2.75) is 24.3 Å². The molecule has 0 saturated carbocycles. The van der Waals surface area contributed by atoms with Crippen LogP contribution in [0.3, 0.4) is 0 Å². The Hall–Kier alpha value is -3.27. The van der Waals surface area contributed by atoms with Crippen LogP contribution in [0.2, 0.25) is 5.02 Å². The molecule has 0 radical (unpaired) electrons. The Bertz CT molecular complexity index is 1270. The summed E-state index contributed by atoms with van der Waals surface area (Å²) in [6, 6.07) is 17.0. The van der Waals surface area contributed by atoms with Crippen LogP contribution in [0.25, 0.3) is 0 Å². The van der Waals surface area contributed by atoms with Crippen molar-refractivity contribution in [3.05, 3.63) is 77.3 Å². The summed E-state index contributed by atoms with van der Waals surface area (Å²) >= 11 is 6.19. The average Bonchev–Trinajstić information content (AvgIpc) is 2.85. The van der Waals surface area contributed by atoms with Crippen LogP contribution in [-0.4, -0.2) is 41.2 Å². The molecule has 0 bridgehead atoms. The molecule has 0 unspecified atom stereocenters. The first kappa shape index (κ1) is 26.3. The standard InChI is InChI=1S/C25H27ClN2O6S/c1-4-34-23-13-11-19(16-20(23)26)35(30,31)28-22(14-17-8-6-5-7-9-17)25(29)27-21-15-18(32-2)10-12-24(21)33-3/h5-13,15-16,22,28H,4,14H2,1-3H3,(H,27,29)/t22-/m1/s1. The SMILES string of the molecule is CCOc1ccc(S(=O)(=O)N[C@H](Cc2ccccc2)C(=O)Nc2cc(OC)ccc2OC)cc1Cl. The Morgan fingerprint density at radius 2 is 1.69 bits per heavy atom. The molecule has 0 aromatic heterocycles. The number of methoxy groups -OCH3 is 2. The van der Waals surface area contributed by atoms with Crippen molar-refractivity contribution in [2.75, 3.05) is 26.1 Å². The van der Waals surface area contributed by atoms with E-state index in [1.807, 2.05) is 30.3 Å². The van der Waals surface area contributed by atoms with Crippen molar-refractivity contribution in [3.63, 3.8) is 0 Å². The van der Waals surface area contributed by atoms with Gasteiger partial charge < -0.3 is 19.5 Å². The van der Waals surface area contributed by atoms with Gasteiger partial charge in [0.15, 0.2) is 0 Å². The summed E-state index contributed by atoms with van der Waals surface area (Å²) in [5.74, 6) is 0.710. The van der Waals surface area contributed by atoms with Gasteiger partial charge in [-0.15, -0.1) is 0 Å². The van der Waals surface area contributed by atoms with Gasteiger partial charge in [0.25, 0.3) is 0 Å². The van der Waals surface area contributed by atoms with Gasteiger partial charge in [0.05, 0.1) is 36.4 Å². The number of nitrogens with one attached hydrogen (secondary N) is 2. The lowest BCUT2D eigenvalue weighted by atomic mass is 10.1. The number of sulfonamides is 1. The molecular formula is C25H27ClN2O6S. The van der Waals surface area contributed by atoms with Gasteiger partial charge in [0.1, 0.15) is 23.3 Å². The topological polar surface area (TPSA) is 103 Å². The molecule has 0 spiro atoms. The predicted octanol–water partition coefficient (Wildman–Crippen LogP) is 4.28. The van der Waals surface area contributed by atoms with E-state index in [0.29, 0.717) is 29.5 Å². The second kappa shape index (κ2) is 11.9. The first-order valence-corrected chi connectivity index (χ1v) is 12.6. The van der Waals surface area contributed by atoms with Crippen molar-refractivity contribution in [1.82, 2.24) is 4.72 Å². The number of rotatable bonds is 11. The fourth-order valence-electron chi connectivity index (χ4n) is 3.35. The maximum absolute atomic E-state index is 13.3. The molecule has 2 N–H and O–H groups in total. The minimum atomic E-state index is -4.11. The van der Waals surface area contributed by atoms with Crippen LogP contribution in [0.1, 0.15) is 12.5 Å². The fraction of sp³-hybridized carbons (Fsp3) is 0.240. The van der Waals surface area contributed by atoms with E-state index in [9.17, 15) is 13.2 Å². The molecule has 1 atom stereocenters. The number of carbonyl (C=O) groups is 1. The zero-order valence-corrected chi connectivity index (χ0v) is 21.2. The zero-order chi connectivity index (χ0) is 25.4. The van der Waals surface area contributed by atoms with Gasteiger partial charge in [0.2, 0.25) is 15.9 Å². The molecule has 1 amide bonds. The Morgan fingerprint density at radius 3 is 2.31 bits per heavy atom.